The van der Waals surface area contributed by atoms with Gasteiger partial charge in [-0.15, -0.1) is 0 Å². The zero-order valence-corrected chi connectivity index (χ0v) is 16.0. The summed E-state index contributed by atoms with van der Waals surface area (Å²) in [5, 5.41) is 5.58. The third-order valence-electron chi connectivity index (χ3n) is 4.46. The fourth-order valence-electron chi connectivity index (χ4n) is 2.99. The molecule has 3 N–H and O–H groups in total. The number of hydrogen-bond acceptors (Lipinski definition) is 4. The van der Waals surface area contributed by atoms with Crippen LogP contribution in [0.2, 0.25) is 0 Å². The van der Waals surface area contributed by atoms with Gasteiger partial charge in [-0.3, -0.25) is 0 Å². The van der Waals surface area contributed by atoms with Crippen LogP contribution in [0.4, 0.5) is 16.2 Å². The number of urea groups is 1. The van der Waals surface area contributed by atoms with Crippen molar-refractivity contribution in [3.05, 3.63) is 66.7 Å². The molecule has 0 saturated heterocycles. The summed E-state index contributed by atoms with van der Waals surface area (Å²) in [6.45, 7) is 0. The van der Waals surface area contributed by atoms with Crippen LogP contribution in [0.15, 0.2) is 66.7 Å². The standard InChI is InChI=1S/C22H20N4O3/c1-28-16-11-12-19(20(13-16)29-2)26-22(27)23-15-9-7-14(8-10-15)21-24-17-5-3-4-6-18(17)25-21/h3-13H,1-2H3,(H,24,25)(H2,23,26,27). The van der Waals surface area contributed by atoms with Crippen molar-refractivity contribution in [1.82, 2.24) is 9.97 Å². The Morgan fingerprint density at radius 1 is 0.931 bits per heavy atom. The first kappa shape index (κ1) is 18.4. The van der Waals surface area contributed by atoms with Crippen molar-refractivity contribution in [2.24, 2.45) is 0 Å². The fourth-order valence-corrected chi connectivity index (χ4v) is 2.99. The molecule has 0 aliphatic heterocycles. The van der Waals surface area contributed by atoms with E-state index < -0.39 is 0 Å². The third kappa shape index (κ3) is 3.98. The lowest BCUT2D eigenvalue weighted by molar-refractivity contribution is 0.262. The number of rotatable bonds is 5. The Kier molecular flexibility index (Phi) is 5.03. The van der Waals surface area contributed by atoms with Gasteiger partial charge in [-0.25, -0.2) is 9.78 Å². The van der Waals surface area contributed by atoms with Gasteiger partial charge in [0.1, 0.15) is 17.3 Å². The highest BCUT2D eigenvalue weighted by molar-refractivity contribution is 6.00. The van der Waals surface area contributed by atoms with Gasteiger partial charge in [-0.05, 0) is 48.5 Å². The van der Waals surface area contributed by atoms with Gasteiger partial charge >= 0.3 is 6.03 Å². The van der Waals surface area contributed by atoms with Crippen LogP contribution >= 0.6 is 0 Å². The molecule has 7 nitrogen and oxygen atoms in total. The van der Waals surface area contributed by atoms with E-state index in [0.29, 0.717) is 22.9 Å². The zero-order valence-electron chi connectivity index (χ0n) is 16.0. The molecule has 3 aromatic carbocycles. The molecule has 1 heterocycles. The number of amides is 2. The SMILES string of the molecule is COc1ccc(NC(=O)Nc2ccc(-c3nc4ccccc4[nH]3)cc2)c(OC)c1. The molecular formula is C22H20N4O3. The molecule has 146 valence electrons. The van der Waals surface area contributed by atoms with Crippen molar-refractivity contribution in [2.75, 3.05) is 24.9 Å². The van der Waals surface area contributed by atoms with Gasteiger partial charge in [0, 0.05) is 17.3 Å². The van der Waals surface area contributed by atoms with Crippen LogP contribution in [0.1, 0.15) is 0 Å². The average Bonchev–Trinajstić information content (AvgIpc) is 3.18. The first-order valence-electron chi connectivity index (χ1n) is 9.01. The summed E-state index contributed by atoms with van der Waals surface area (Å²) in [4.78, 5) is 20.2. The van der Waals surface area contributed by atoms with Gasteiger partial charge in [0.2, 0.25) is 0 Å². The van der Waals surface area contributed by atoms with Crippen LogP contribution < -0.4 is 20.1 Å². The molecule has 29 heavy (non-hydrogen) atoms. The Morgan fingerprint density at radius 2 is 1.72 bits per heavy atom. The molecule has 1 aromatic heterocycles. The number of para-hydroxylation sites is 2. The number of H-pyrrole nitrogens is 1. The molecule has 0 radical (unpaired) electrons. The van der Waals surface area contributed by atoms with Crippen molar-refractivity contribution in [3.63, 3.8) is 0 Å². The number of ether oxygens (including phenoxy) is 2. The summed E-state index contributed by atoms with van der Waals surface area (Å²) in [7, 11) is 3.11. The lowest BCUT2D eigenvalue weighted by Crippen LogP contribution is -2.19. The van der Waals surface area contributed by atoms with Crippen molar-refractivity contribution < 1.29 is 14.3 Å². The number of nitrogens with zero attached hydrogens (tertiary/aromatic N) is 1. The predicted molar refractivity (Wildman–Crippen MR) is 114 cm³/mol. The van der Waals surface area contributed by atoms with E-state index in [-0.39, 0.29) is 6.03 Å². The molecule has 0 saturated carbocycles. The molecule has 0 fully saturated rings. The summed E-state index contributed by atoms with van der Waals surface area (Å²) in [6.07, 6.45) is 0. The molecule has 0 bridgehead atoms. The van der Waals surface area contributed by atoms with E-state index in [1.807, 2.05) is 48.5 Å². The second-order valence-corrected chi connectivity index (χ2v) is 6.33. The van der Waals surface area contributed by atoms with Crippen LogP contribution in [0.5, 0.6) is 11.5 Å². The maximum Gasteiger partial charge on any atom is 0.323 e. The summed E-state index contributed by atoms with van der Waals surface area (Å²) >= 11 is 0. The van der Waals surface area contributed by atoms with Crippen molar-refractivity contribution in [3.8, 4) is 22.9 Å². The van der Waals surface area contributed by atoms with Crippen LogP contribution in [0.3, 0.4) is 0 Å². The van der Waals surface area contributed by atoms with Crippen molar-refractivity contribution in [2.45, 2.75) is 0 Å². The second-order valence-electron chi connectivity index (χ2n) is 6.33. The first-order valence-corrected chi connectivity index (χ1v) is 9.01. The molecule has 0 unspecified atom stereocenters. The highest BCUT2D eigenvalue weighted by Gasteiger charge is 2.10. The minimum absolute atomic E-state index is 0.370. The molecule has 7 heteroatoms. The Hall–Kier alpha value is -4.00. The molecule has 0 aliphatic carbocycles. The quantitative estimate of drug-likeness (QED) is 0.454. The smallest absolute Gasteiger partial charge is 0.323 e. The summed E-state index contributed by atoms with van der Waals surface area (Å²) in [5.41, 5.74) is 4.04. The lowest BCUT2D eigenvalue weighted by Gasteiger charge is -2.12. The number of carbonyl (C=O) groups is 1. The van der Waals surface area contributed by atoms with Crippen LogP contribution in [-0.2, 0) is 0 Å². The maximum atomic E-state index is 12.3. The van der Waals surface area contributed by atoms with Crippen LogP contribution in [0.25, 0.3) is 22.4 Å². The number of methoxy groups -OCH3 is 2. The number of carbonyl (C=O) groups excluding carboxylic acids is 1. The molecule has 4 rings (SSSR count). The molecule has 0 atom stereocenters. The number of imidazole rings is 1. The first-order chi connectivity index (χ1) is 14.2. The predicted octanol–water partition coefficient (Wildman–Crippen LogP) is 4.89. The Morgan fingerprint density at radius 3 is 2.45 bits per heavy atom. The number of hydrogen-bond donors (Lipinski definition) is 3. The normalized spacial score (nSPS) is 10.6. The molecule has 2 amide bonds. The Bertz CT molecular complexity index is 1120. The number of anilines is 2. The maximum absolute atomic E-state index is 12.3. The van der Waals surface area contributed by atoms with E-state index in [9.17, 15) is 4.79 Å². The van der Waals surface area contributed by atoms with E-state index in [1.165, 1.54) is 7.11 Å². The van der Waals surface area contributed by atoms with E-state index in [2.05, 4.69) is 20.6 Å². The second kappa shape index (κ2) is 7.93. The largest absolute Gasteiger partial charge is 0.497 e. The fraction of sp³-hybridized carbons (Fsp3) is 0.0909. The molecule has 0 spiro atoms. The number of fused-ring (bicyclic) bond motifs is 1. The van der Waals surface area contributed by atoms with Crippen LogP contribution in [0, 0.1) is 0 Å². The van der Waals surface area contributed by atoms with Crippen molar-refractivity contribution in [1.29, 1.82) is 0 Å². The Balaban J connectivity index is 1.45. The highest BCUT2D eigenvalue weighted by Crippen LogP contribution is 2.29. The van der Waals surface area contributed by atoms with Gasteiger partial charge < -0.3 is 25.1 Å². The van der Waals surface area contributed by atoms with E-state index in [4.69, 9.17) is 9.47 Å². The van der Waals surface area contributed by atoms with Gasteiger partial charge in [0.05, 0.1) is 30.9 Å². The molecule has 0 aliphatic rings. The monoisotopic (exact) mass is 388 g/mol. The van der Waals surface area contributed by atoms with Gasteiger partial charge in [-0.2, -0.15) is 0 Å². The summed E-state index contributed by atoms with van der Waals surface area (Å²) < 4.78 is 10.5. The highest BCUT2D eigenvalue weighted by atomic mass is 16.5. The summed E-state index contributed by atoms with van der Waals surface area (Å²) in [6, 6.07) is 20.1. The van der Waals surface area contributed by atoms with Crippen molar-refractivity contribution >= 4 is 28.4 Å². The lowest BCUT2D eigenvalue weighted by atomic mass is 10.2. The van der Waals surface area contributed by atoms with E-state index in [1.54, 1.807) is 25.3 Å². The zero-order chi connectivity index (χ0) is 20.2. The third-order valence-corrected chi connectivity index (χ3v) is 4.46. The van der Waals surface area contributed by atoms with E-state index >= 15 is 0 Å². The number of nitrogens with one attached hydrogen (secondary N) is 3. The van der Waals surface area contributed by atoms with Crippen LogP contribution in [-0.4, -0.2) is 30.2 Å². The molecular weight excluding hydrogens is 368 g/mol. The topological polar surface area (TPSA) is 88.3 Å². The van der Waals surface area contributed by atoms with Gasteiger partial charge in [0.15, 0.2) is 0 Å². The minimum Gasteiger partial charge on any atom is -0.497 e. The summed E-state index contributed by atoms with van der Waals surface area (Å²) in [5.74, 6) is 1.94. The van der Waals surface area contributed by atoms with Gasteiger partial charge in [-0.1, -0.05) is 12.1 Å². The van der Waals surface area contributed by atoms with E-state index in [0.717, 1.165) is 22.4 Å². The average molecular weight is 388 g/mol. The Labute approximate surface area is 167 Å². The minimum atomic E-state index is -0.370. The number of benzene rings is 3. The van der Waals surface area contributed by atoms with Gasteiger partial charge in [0.25, 0.3) is 0 Å². The molecule has 4 aromatic rings. The number of aromatic nitrogens is 2. The number of aromatic amines is 1.